The van der Waals surface area contributed by atoms with Crippen LogP contribution in [0.5, 0.6) is 0 Å². The van der Waals surface area contributed by atoms with Crippen LogP contribution in [0.15, 0.2) is 16.9 Å². The molecule has 1 aliphatic carbocycles. The van der Waals surface area contributed by atoms with Gasteiger partial charge < -0.3 is 4.57 Å². The van der Waals surface area contributed by atoms with Gasteiger partial charge in [0.2, 0.25) is 0 Å². The predicted octanol–water partition coefficient (Wildman–Crippen LogP) is 4.00. The molecule has 0 saturated heterocycles. The third kappa shape index (κ3) is 4.41. The normalized spacial score (nSPS) is 13.7. The SMILES string of the molecule is O=c1ccc2c(n1CCCCCCCCCS)CCC2. The van der Waals surface area contributed by atoms with Gasteiger partial charge in [-0.1, -0.05) is 38.2 Å². The molecule has 2 rings (SSSR count). The summed E-state index contributed by atoms with van der Waals surface area (Å²) in [7, 11) is 0. The molecule has 0 N–H and O–H groups in total. The Bertz CT molecular complexity index is 467. The number of aromatic nitrogens is 1. The number of hydrogen-bond donors (Lipinski definition) is 1. The largest absolute Gasteiger partial charge is 0.312 e. The summed E-state index contributed by atoms with van der Waals surface area (Å²) in [5.41, 5.74) is 2.90. The molecular weight excluding hydrogens is 266 g/mol. The Kier molecular flexibility index (Phi) is 6.71. The Balaban J connectivity index is 1.70. The lowest BCUT2D eigenvalue weighted by Crippen LogP contribution is -2.22. The lowest BCUT2D eigenvalue weighted by atomic mass is 10.1. The zero-order valence-corrected chi connectivity index (χ0v) is 13.3. The van der Waals surface area contributed by atoms with Gasteiger partial charge in [-0.3, -0.25) is 4.79 Å². The molecule has 112 valence electrons. The van der Waals surface area contributed by atoms with E-state index in [0.717, 1.165) is 31.6 Å². The van der Waals surface area contributed by atoms with Gasteiger partial charge in [0.05, 0.1) is 0 Å². The summed E-state index contributed by atoms with van der Waals surface area (Å²) in [5.74, 6) is 1.02. The second-order valence-electron chi connectivity index (χ2n) is 5.85. The van der Waals surface area contributed by atoms with Gasteiger partial charge in [-0.2, -0.15) is 12.6 Å². The van der Waals surface area contributed by atoms with E-state index < -0.39 is 0 Å². The molecule has 2 nitrogen and oxygen atoms in total. The molecule has 1 aliphatic rings. The Morgan fingerprint density at radius 2 is 1.65 bits per heavy atom. The number of aryl methyl sites for hydroxylation is 1. The average Bonchev–Trinajstić information content (AvgIpc) is 2.92. The third-order valence-electron chi connectivity index (χ3n) is 4.29. The second-order valence-corrected chi connectivity index (χ2v) is 6.29. The minimum atomic E-state index is 0.194. The first-order valence-electron chi connectivity index (χ1n) is 8.15. The van der Waals surface area contributed by atoms with E-state index in [1.54, 1.807) is 6.07 Å². The minimum absolute atomic E-state index is 0.194. The molecule has 1 aromatic rings. The van der Waals surface area contributed by atoms with Crippen molar-refractivity contribution in [1.29, 1.82) is 0 Å². The number of fused-ring (bicyclic) bond motifs is 1. The van der Waals surface area contributed by atoms with Gasteiger partial charge in [0.1, 0.15) is 0 Å². The first kappa shape index (κ1) is 15.7. The number of nitrogens with zero attached hydrogens (tertiary/aromatic N) is 1. The van der Waals surface area contributed by atoms with Crippen molar-refractivity contribution in [3.63, 3.8) is 0 Å². The molecule has 1 aromatic heterocycles. The predicted molar refractivity (Wildman–Crippen MR) is 88.9 cm³/mol. The van der Waals surface area contributed by atoms with Crippen LogP contribution >= 0.6 is 12.6 Å². The van der Waals surface area contributed by atoms with Crippen LogP contribution in [-0.4, -0.2) is 10.3 Å². The van der Waals surface area contributed by atoms with Gasteiger partial charge in [0.15, 0.2) is 0 Å². The van der Waals surface area contributed by atoms with Crippen molar-refractivity contribution in [2.75, 3.05) is 5.75 Å². The second kappa shape index (κ2) is 8.56. The van der Waals surface area contributed by atoms with Crippen molar-refractivity contribution in [2.45, 2.75) is 70.8 Å². The lowest BCUT2D eigenvalue weighted by molar-refractivity contribution is 0.534. The Labute approximate surface area is 128 Å². The maximum Gasteiger partial charge on any atom is 0.250 e. The Morgan fingerprint density at radius 1 is 0.950 bits per heavy atom. The molecule has 0 atom stereocenters. The van der Waals surface area contributed by atoms with Crippen molar-refractivity contribution < 1.29 is 0 Å². The number of hydrogen-bond acceptors (Lipinski definition) is 2. The summed E-state index contributed by atoms with van der Waals surface area (Å²) in [6.07, 6.45) is 12.4. The summed E-state index contributed by atoms with van der Waals surface area (Å²) in [4.78, 5) is 12.0. The molecule has 0 bridgehead atoms. The van der Waals surface area contributed by atoms with Crippen LogP contribution in [-0.2, 0) is 19.4 Å². The van der Waals surface area contributed by atoms with Crippen LogP contribution in [0.25, 0.3) is 0 Å². The topological polar surface area (TPSA) is 22.0 Å². The van der Waals surface area contributed by atoms with E-state index in [-0.39, 0.29) is 5.56 Å². The number of rotatable bonds is 9. The van der Waals surface area contributed by atoms with E-state index in [9.17, 15) is 4.79 Å². The molecule has 0 fully saturated rings. The first-order valence-corrected chi connectivity index (χ1v) is 8.78. The van der Waals surface area contributed by atoms with Crippen LogP contribution in [0.1, 0.15) is 62.6 Å². The van der Waals surface area contributed by atoms with Crippen LogP contribution in [0.3, 0.4) is 0 Å². The summed E-state index contributed by atoms with van der Waals surface area (Å²) in [6, 6.07) is 3.78. The molecule has 3 heteroatoms. The fraction of sp³-hybridized carbons (Fsp3) is 0.706. The van der Waals surface area contributed by atoms with E-state index in [2.05, 4.69) is 12.6 Å². The molecule has 0 unspecified atom stereocenters. The van der Waals surface area contributed by atoms with Crippen molar-refractivity contribution >= 4 is 12.6 Å². The average molecular weight is 293 g/mol. The molecule has 1 heterocycles. The molecule has 0 aliphatic heterocycles. The van der Waals surface area contributed by atoms with E-state index in [1.807, 2.05) is 10.6 Å². The summed E-state index contributed by atoms with van der Waals surface area (Å²) in [6.45, 7) is 0.915. The highest BCUT2D eigenvalue weighted by Crippen LogP contribution is 2.20. The number of pyridine rings is 1. The third-order valence-corrected chi connectivity index (χ3v) is 4.61. The monoisotopic (exact) mass is 293 g/mol. The van der Waals surface area contributed by atoms with Gasteiger partial charge >= 0.3 is 0 Å². The van der Waals surface area contributed by atoms with Gasteiger partial charge in [-0.15, -0.1) is 0 Å². The zero-order chi connectivity index (χ0) is 14.2. The molecule has 0 aromatic carbocycles. The van der Waals surface area contributed by atoms with Crippen LogP contribution in [0.4, 0.5) is 0 Å². The van der Waals surface area contributed by atoms with E-state index in [4.69, 9.17) is 0 Å². The minimum Gasteiger partial charge on any atom is -0.312 e. The lowest BCUT2D eigenvalue weighted by Gasteiger charge is -2.11. The maximum absolute atomic E-state index is 12.0. The Morgan fingerprint density at radius 3 is 2.40 bits per heavy atom. The fourth-order valence-electron chi connectivity index (χ4n) is 3.14. The Hall–Kier alpha value is -0.700. The zero-order valence-electron chi connectivity index (χ0n) is 12.4. The van der Waals surface area contributed by atoms with E-state index >= 15 is 0 Å². The van der Waals surface area contributed by atoms with Crippen LogP contribution < -0.4 is 5.56 Å². The maximum atomic E-state index is 12.0. The summed E-state index contributed by atoms with van der Waals surface area (Å²) in [5, 5.41) is 0. The van der Waals surface area contributed by atoms with Gasteiger partial charge in [0, 0.05) is 18.3 Å². The molecule has 0 radical (unpaired) electrons. The highest BCUT2D eigenvalue weighted by molar-refractivity contribution is 7.80. The molecule has 0 saturated carbocycles. The number of unbranched alkanes of at least 4 members (excludes halogenated alkanes) is 6. The van der Waals surface area contributed by atoms with Crippen LogP contribution in [0, 0.1) is 0 Å². The van der Waals surface area contributed by atoms with E-state index in [1.165, 1.54) is 56.2 Å². The van der Waals surface area contributed by atoms with Crippen molar-refractivity contribution in [3.8, 4) is 0 Å². The van der Waals surface area contributed by atoms with Gasteiger partial charge in [0.25, 0.3) is 5.56 Å². The fourth-order valence-corrected chi connectivity index (χ4v) is 3.37. The molecular formula is C17H27NOS. The standard InChI is InChI=1S/C17H27NOS/c19-17-12-11-15-9-8-10-16(15)18(17)13-6-4-2-1-3-5-7-14-20/h11-12,20H,1-10,13-14H2. The smallest absolute Gasteiger partial charge is 0.250 e. The van der Waals surface area contributed by atoms with Crippen molar-refractivity contribution in [3.05, 3.63) is 33.7 Å². The van der Waals surface area contributed by atoms with Crippen molar-refractivity contribution in [1.82, 2.24) is 4.57 Å². The summed E-state index contributed by atoms with van der Waals surface area (Å²) >= 11 is 4.23. The van der Waals surface area contributed by atoms with Gasteiger partial charge in [-0.05, 0) is 43.4 Å². The quantitative estimate of drug-likeness (QED) is 0.539. The first-order chi connectivity index (χ1) is 9.83. The van der Waals surface area contributed by atoms with Crippen molar-refractivity contribution in [2.24, 2.45) is 0 Å². The molecule has 0 amide bonds. The molecule has 0 spiro atoms. The summed E-state index contributed by atoms with van der Waals surface area (Å²) < 4.78 is 2.03. The highest BCUT2D eigenvalue weighted by Gasteiger charge is 2.15. The number of thiol groups is 1. The van der Waals surface area contributed by atoms with Crippen LogP contribution in [0.2, 0.25) is 0 Å². The van der Waals surface area contributed by atoms with Gasteiger partial charge in [-0.25, -0.2) is 0 Å². The molecule has 20 heavy (non-hydrogen) atoms. The highest BCUT2D eigenvalue weighted by atomic mass is 32.1. The van der Waals surface area contributed by atoms with E-state index in [0.29, 0.717) is 0 Å².